The van der Waals surface area contributed by atoms with Crippen molar-refractivity contribution in [3.63, 3.8) is 0 Å². The van der Waals surface area contributed by atoms with Crippen LogP contribution in [0.1, 0.15) is 11.3 Å². The van der Waals surface area contributed by atoms with Gasteiger partial charge in [-0.25, -0.2) is 0 Å². The van der Waals surface area contributed by atoms with Gasteiger partial charge in [0.15, 0.2) is 0 Å². The van der Waals surface area contributed by atoms with Gasteiger partial charge in [0.1, 0.15) is 0 Å². The monoisotopic (exact) mass is 210 g/mol. The molecular weight excluding hydrogens is 192 g/mol. The lowest BCUT2D eigenvalue weighted by Gasteiger charge is -2.28. The fourth-order valence-electron chi connectivity index (χ4n) is 2.02. The fourth-order valence-corrected chi connectivity index (χ4v) is 2.02. The minimum atomic E-state index is -0.417. The second kappa shape index (κ2) is 4.30. The molecule has 0 unspecified atom stereocenters. The maximum absolute atomic E-state index is 9.49. The van der Waals surface area contributed by atoms with Gasteiger partial charge < -0.3 is 10.8 Å². The molecule has 3 N–H and O–H groups in total. The van der Waals surface area contributed by atoms with Gasteiger partial charge in [-0.1, -0.05) is 0 Å². The Morgan fingerprint density at radius 1 is 1.67 bits per heavy atom. The molecule has 1 aliphatic rings. The van der Waals surface area contributed by atoms with Crippen LogP contribution in [0, 0.1) is 0 Å². The van der Waals surface area contributed by atoms with E-state index in [0.29, 0.717) is 13.1 Å². The highest BCUT2D eigenvalue weighted by atomic mass is 16.3. The molecule has 0 spiro atoms. The van der Waals surface area contributed by atoms with Crippen LogP contribution in [0.25, 0.3) is 0 Å². The molecule has 1 atom stereocenters. The third-order valence-corrected chi connectivity index (χ3v) is 2.96. The molecule has 1 aromatic heterocycles. The summed E-state index contributed by atoms with van der Waals surface area (Å²) in [6, 6.07) is 0. The Hall–Kier alpha value is -0.910. The molecule has 5 heteroatoms. The number of nitrogens with two attached hydrogens (primary N) is 1. The van der Waals surface area contributed by atoms with Gasteiger partial charge in [-0.15, -0.1) is 0 Å². The highest BCUT2D eigenvalue weighted by Crippen LogP contribution is 2.17. The Balaban J connectivity index is 2.01. The minimum absolute atomic E-state index is 0.328. The first-order chi connectivity index (χ1) is 7.20. The maximum Gasteiger partial charge on any atom is 0.0789 e. The van der Waals surface area contributed by atoms with Gasteiger partial charge in [0, 0.05) is 33.2 Å². The summed E-state index contributed by atoms with van der Waals surface area (Å²) >= 11 is 0. The molecule has 1 aliphatic heterocycles. The number of aromatic nitrogens is 2. The fraction of sp³-hybridized carbons (Fsp3) is 0.700. The molecule has 1 aromatic rings. The smallest absolute Gasteiger partial charge is 0.0789 e. The molecule has 0 radical (unpaired) electrons. The van der Waals surface area contributed by atoms with Crippen LogP contribution in [0.5, 0.6) is 0 Å². The van der Waals surface area contributed by atoms with Crippen LogP contribution in [0.3, 0.4) is 0 Å². The average Bonchev–Trinajstić information content (AvgIpc) is 2.60. The lowest BCUT2D eigenvalue weighted by molar-refractivity contribution is 0.110. The van der Waals surface area contributed by atoms with Crippen LogP contribution >= 0.6 is 0 Å². The van der Waals surface area contributed by atoms with E-state index in [1.807, 2.05) is 17.9 Å². The number of aryl methyl sites for hydroxylation is 1. The summed E-state index contributed by atoms with van der Waals surface area (Å²) in [4.78, 5) is 2.22. The maximum atomic E-state index is 9.49. The third kappa shape index (κ3) is 2.19. The van der Waals surface area contributed by atoms with E-state index >= 15 is 0 Å². The summed E-state index contributed by atoms with van der Waals surface area (Å²) in [5, 5.41) is 13.7. The lowest BCUT2D eigenvalue weighted by Crippen LogP contribution is -2.39. The van der Waals surface area contributed by atoms with Gasteiger partial charge in [0.05, 0.1) is 18.0 Å². The highest BCUT2D eigenvalue weighted by Gasteiger charge is 2.20. The van der Waals surface area contributed by atoms with E-state index in [1.165, 1.54) is 11.3 Å². The zero-order valence-corrected chi connectivity index (χ0v) is 9.06. The van der Waals surface area contributed by atoms with Crippen molar-refractivity contribution in [2.24, 2.45) is 12.8 Å². The number of aliphatic hydroxyl groups is 1. The van der Waals surface area contributed by atoms with Gasteiger partial charge in [-0.05, 0) is 12.0 Å². The minimum Gasteiger partial charge on any atom is -0.390 e. The van der Waals surface area contributed by atoms with Gasteiger partial charge in [-0.2, -0.15) is 5.10 Å². The highest BCUT2D eigenvalue weighted by molar-refractivity contribution is 5.20. The number of hydrogen-bond donors (Lipinski definition) is 2. The van der Waals surface area contributed by atoms with E-state index in [4.69, 9.17) is 5.73 Å². The number of hydrogen-bond acceptors (Lipinski definition) is 4. The first-order valence-electron chi connectivity index (χ1n) is 5.31. The van der Waals surface area contributed by atoms with Gasteiger partial charge in [0.25, 0.3) is 0 Å². The van der Waals surface area contributed by atoms with Crippen molar-refractivity contribution < 1.29 is 5.11 Å². The number of β-amino-alcohol motifs (C(OH)–C–C–N with tert-alkyl or cyclic N) is 1. The van der Waals surface area contributed by atoms with Crippen molar-refractivity contribution in [2.75, 3.05) is 19.6 Å². The van der Waals surface area contributed by atoms with Gasteiger partial charge in [-0.3, -0.25) is 9.58 Å². The number of rotatable bonds is 3. The van der Waals surface area contributed by atoms with Crippen molar-refractivity contribution in [1.82, 2.24) is 14.7 Å². The summed E-state index contributed by atoms with van der Waals surface area (Å²) in [7, 11) is 1.96. The van der Waals surface area contributed by atoms with E-state index in [9.17, 15) is 5.11 Å². The van der Waals surface area contributed by atoms with E-state index in [0.717, 1.165) is 19.5 Å². The van der Waals surface area contributed by atoms with E-state index < -0.39 is 6.10 Å². The molecule has 0 saturated heterocycles. The Morgan fingerprint density at radius 2 is 2.47 bits per heavy atom. The van der Waals surface area contributed by atoms with Crippen LogP contribution in [0.15, 0.2) is 6.20 Å². The van der Waals surface area contributed by atoms with Gasteiger partial charge in [0.2, 0.25) is 0 Å². The van der Waals surface area contributed by atoms with Crippen LogP contribution < -0.4 is 5.73 Å². The molecule has 0 aromatic carbocycles. The molecule has 0 fully saturated rings. The Morgan fingerprint density at radius 3 is 3.20 bits per heavy atom. The second-order valence-corrected chi connectivity index (χ2v) is 4.11. The van der Waals surface area contributed by atoms with Crippen LogP contribution in [0.2, 0.25) is 0 Å². The number of fused-ring (bicyclic) bond motifs is 1. The topological polar surface area (TPSA) is 67.3 Å². The first kappa shape index (κ1) is 10.6. The van der Waals surface area contributed by atoms with Crippen LogP contribution in [-0.2, 0) is 20.0 Å². The van der Waals surface area contributed by atoms with E-state index in [-0.39, 0.29) is 0 Å². The molecule has 0 bridgehead atoms. The first-order valence-corrected chi connectivity index (χ1v) is 5.31. The zero-order chi connectivity index (χ0) is 10.8. The average molecular weight is 210 g/mol. The van der Waals surface area contributed by atoms with Crippen molar-refractivity contribution in [1.29, 1.82) is 0 Å². The summed E-state index contributed by atoms with van der Waals surface area (Å²) in [6.45, 7) is 2.83. The molecule has 0 amide bonds. The van der Waals surface area contributed by atoms with Crippen molar-refractivity contribution in [3.8, 4) is 0 Å². The largest absolute Gasteiger partial charge is 0.390 e. The molecule has 2 heterocycles. The quantitative estimate of drug-likeness (QED) is 0.678. The van der Waals surface area contributed by atoms with Crippen molar-refractivity contribution in [2.45, 2.75) is 19.1 Å². The SMILES string of the molecule is Cn1ncc2c1CN(C[C@@H](O)CN)CC2. The molecular formula is C10H18N4O. The molecule has 15 heavy (non-hydrogen) atoms. The van der Waals surface area contributed by atoms with Gasteiger partial charge >= 0.3 is 0 Å². The lowest BCUT2D eigenvalue weighted by atomic mass is 10.1. The third-order valence-electron chi connectivity index (χ3n) is 2.96. The van der Waals surface area contributed by atoms with E-state index in [2.05, 4.69) is 10.00 Å². The van der Waals surface area contributed by atoms with Crippen molar-refractivity contribution in [3.05, 3.63) is 17.5 Å². The summed E-state index contributed by atoms with van der Waals surface area (Å²) in [5.41, 5.74) is 7.98. The van der Waals surface area contributed by atoms with Crippen molar-refractivity contribution >= 4 is 0 Å². The summed E-state index contributed by atoms with van der Waals surface area (Å²) in [5.74, 6) is 0. The Kier molecular flexibility index (Phi) is 3.04. The number of nitrogens with zero attached hydrogens (tertiary/aromatic N) is 3. The predicted octanol–water partition coefficient (Wildman–Crippen LogP) is -0.902. The Labute approximate surface area is 89.5 Å². The molecule has 84 valence electrons. The molecule has 5 nitrogen and oxygen atoms in total. The van der Waals surface area contributed by atoms with Crippen LogP contribution in [0.4, 0.5) is 0 Å². The predicted molar refractivity (Wildman–Crippen MR) is 57.3 cm³/mol. The standard InChI is InChI=1S/C10H18N4O/c1-13-10-7-14(6-9(15)4-11)3-2-8(10)5-12-13/h5,9,15H,2-4,6-7,11H2,1H3/t9-/m0/s1. The molecule has 2 rings (SSSR count). The summed E-state index contributed by atoms with van der Waals surface area (Å²) in [6.07, 6.45) is 2.53. The number of aliphatic hydroxyl groups excluding tert-OH is 1. The van der Waals surface area contributed by atoms with E-state index in [1.54, 1.807) is 0 Å². The molecule has 0 aliphatic carbocycles. The summed E-state index contributed by atoms with van der Waals surface area (Å²) < 4.78 is 1.91. The molecule has 0 saturated carbocycles. The second-order valence-electron chi connectivity index (χ2n) is 4.11. The Bertz CT molecular complexity index is 336. The zero-order valence-electron chi connectivity index (χ0n) is 9.06. The normalized spacial score (nSPS) is 18.9. The van der Waals surface area contributed by atoms with Crippen LogP contribution in [-0.4, -0.2) is 45.5 Å².